The monoisotopic (exact) mass is 263 g/mol. The molecule has 1 saturated carbocycles. The van der Waals surface area contributed by atoms with E-state index < -0.39 is 0 Å². The lowest BCUT2D eigenvalue weighted by molar-refractivity contribution is 0.556. The third-order valence-electron chi connectivity index (χ3n) is 3.95. The molecule has 18 heavy (non-hydrogen) atoms. The number of isocyanates is 1. The second-order valence-corrected chi connectivity index (χ2v) is 5.39. The van der Waals surface area contributed by atoms with Crippen LogP contribution in [0.25, 0.3) is 0 Å². The predicted octanol–water partition coefficient (Wildman–Crippen LogP) is 4.57. The summed E-state index contributed by atoms with van der Waals surface area (Å²) in [4.78, 5) is 14.4. The van der Waals surface area contributed by atoms with Gasteiger partial charge < -0.3 is 0 Å². The van der Waals surface area contributed by atoms with Crippen molar-refractivity contribution in [1.82, 2.24) is 0 Å². The van der Waals surface area contributed by atoms with Gasteiger partial charge in [-0.1, -0.05) is 37.6 Å². The average Bonchev–Trinajstić information content (AvgIpc) is 3.14. The average molecular weight is 264 g/mol. The van der Waals surface area contributed by atoms with Gasteiger partial charge in [0.05, 0.1) is 5.54 Å². The lowest BCUT2D eigenvalue weighted by Gasteiger charge is -2.17. The third kappa shape index (κ3) is 2.36. The molecule has 1 aliphatic rings. The Bertz CT molecular complexity index is 483. The SMILES string of the molecule is CCC(CC)c1ccc(C2(N=C=O)CC2)cc1Cl. The highest BCUT2D eigenvalue weighted by molar-refractivity contribution is 6.31. The Kier molecular flexibility index (Phi) is 3.89. The first-order valence-corrected chi connectivity index (χ1v) is 6.93. The van der Waals surface area contributed by atoms with E-state index >= 15 is 0 Å². The topological polar surface area (TPSA) is 29.4 Å². The van der Waals surface area contributed by atoms with Gasteiger partial charge in [-0.2, -0.15) is 4.99 Å². The predicted molar refractivity (Wildman–Crippen MR) is 73.8 cm³/mol. The summed E-state index contributed by atoms with van der Waals surface area (Å²) in [6, 6.07) is 6.13. The molecular weight excluding hydrogens is 246 g/mol. The van der Waals surface area contributed by atoms with Gasteiger partial charge in [-0.15, -0.1) is 0 Å². The summed E-state index contributed by atoms with van der Waals surface area (Å²) in [5.41, 5.74) is 1.93. The van der Waals surface area contributed by atoms with Gasteiger partial charge in [0.25, 0.3) is 0 Å². The van der Waals surface area contributed by atoms with E-state index in [1.807, 2.05) is 6.07 Å². The molecule has 2 rings (SSSR count). The summed E-state index contributed by atoms with van der Waals surface area (Å²) in [5.74, 6) is 0.510. The summed E-state index contributed by atoms with van der Waals surface area (Å²) < 4.78 is 0. The number of hydrogen-bond acceptors (Lipinski definition) is 2. The van der Waals surface area contributed by atoms with Crippen molar-refractivity contribution in [2.45, 2.75) is 51.0 Å². The van der Waals surface area contributed by atoms with E-state index in [2.05, 4.69) is 31.0 Å². The zero-order valence-electron chi connectivity index (χ0n) is 10.9. The summed E-state index contributed by atoms with van der Waals surface area (Å²) in [6.07, 6.45) is 5.70. The molecule has 1 aromatic carbocycles. The summed E-state index contributed by atoms with van der Waals surface area (Å²) in [6.45, 7) is 4.36. The van der Waals surface area contributed by atoms with Crippen molar-refractivity contribution in [2.75, 3.05) is 0 Å². The maximum Gasteiger partial charge on any atom is 0.235 e. The van der Waals surface area contributed by atoms with E-state index in [4.69, 9.17) is 11.6 Å². The highest BCUT2D eigenvalue weighted by Crippen LogP contribution is 2.50. The van der Waals surface area contributed by atoms with Crippen LogP contribution in [0.15, 0.2) is 23.2 Å². The molecule has 2 nitrogen and oxygen atoms in total. The fourth-order valence-corrected chi connectivity index (χ4v) is 2.88. The molecule has 0 saturated heterocycles. The molecule has 0 spiro atoms. The van der Waals surface area contributed by atoms with Crippen molar-refractivity contribution in [2.24, 2.45) is 4.99 Å². The molecule has 0 radical (unpaired) electrons. The number of hydrogen-bond donors (Lipinski definition) is 0. The van der Waals surface area contributed by atoms with E-state index in [0.29, 0.717) is 5.92 Å². The minimum absolute atomic E-state index is 0.322. The van der Waals surface area contributed by atoms with E-state index in [1.54, 1.807) is 6.08 Å². The van der Waals surface area contributed by atoms with E-state index in [0.717, 1.165) is 36.3 Å². The van der Waals surface area contributed by atoms with Crippen LogP contribution >= 0.6 is 11.6 Å². The standard InChI is InChI=1S/C15H18ClNO/c1-3-11(4-2)13-6-5-12(9-14(13)16)15(7-8-15)17-10-18/h5-6,9,11H,3-4,7-8H2,1-2H3. The van der Waals surface area contributed by atoms with Crippen molar-refractivity contribution in [3.8, 4) is 0 Å². The number of aliphatic imine (C=N–C) groups is 1. The Morgan fingerprint density at radius 3 is 2.50 bits per heavy atom. The van der Waals surface area contributed by atoms with Gasteiger partial charge in [0.15, 0.2) is 0 Å². The molecule has 0 aromatic heterocycles. The van der Waals surface area contributed by atoms with E-state index in [1.165, 1.54) is 5.56 Å². The quantitative estimate of drug-likeness (QED) is 0.565. The maximum atomic E-state index is 10.5. The Balaban J connectivity index is 2.33. The first-order valence-electron chi connectivity index (χ1n) is 6.55. The van der Waals surface area contributed by atoms with Crippen molar-refractivity contribution in [1.29, 1.82) is 0 Å². The van der Waals surface area contributed by atoms with E-state index in [9.17, 15) is 4.79 Å². The van der Waals surface area contributed by atoms with Crippen LogP contribution in [0.2, 0.25) is 5.02 Å². The molecule has 0 aliphatic heterocycles. The maximum absolute atomic E-state index is 10.5. The second kappa shape index (κ2) is 5.26. The third-order valence-corrected chi connectivity index (χ3v) is 4.27. The van der Waals surface area contributed by atoms with Gasteiger partial charge in [-0.05, 0) is 48.8 Å². The van der Waals surface area contributed by atoms with Gasteiger partial charge in [0, 0.05) is 5.02 Å². The van der Waals surface area contributed by atoms with E-state index in [-0.39, 0.29) is 5.54 Å². The van der Waals surface area contributed by atoms with Gasteiger partial charge in [-0.3, -0.25) is 0 Å². The fourth-order valence-electron chi connectivity index (χ4n) is 2.55. The van der Waals surface area contributed by atoms with Crippen LogP contribution in [-0.2, 0) is 10.3 Å². The first-order chi connectivity index (χ1) is 8.66. The van der Waals surface area contributed by atoms with Crippen LogP contribution in [0.5, 0.6) is 0 Å². The summed E-state index contributed by atoms with van der Waals surface area (Å²) >= 11 is 6.38. The molecule has 0 heterocycles. The van der Waals surface area contributed by atoms with Crippen molar-refractivity contribution in [3.05, 3.63) is 34.3 Å². The molecule has 1 aromatic rings. The largest absolute Gasteiger partial charge is 0.235 e. The number of halogens is 1. The minimum Gasteiger partial charge on any atom is -0.211 e. The van der Waals surface area contributed by atoms with Crippen molar-refractivity contribution < 1.29 is 4.79 Å². The van der Waals surface area contributed by atoms with Gasteiger partial charge in [0.1, 0.15) is 0 Å². The number of carbonyl (C=O) groups excluding carboxylic acids is 1. The number of nitrogens with zero attached hydrogens (tertiary/aromatic N) is 1. The molecular formula is C15H18ClNO. The van der Waals surface area contributed by atoms with Crippen LogP contribution < -0.4 is 0 Å². The molecule has 0 unspecified atom stereocenters. The Hall–Kier alpha value is -1.11. The lowest BCUT2D eigenvalue weighted by atomic mass is 9.92. The Labute approximate surface area is 113 Å². The molecule has 0 bridgehead atoms. The molecule has 96 valence electrons. The molecule has 1 fully saturated rings. The van der Waals surface area contributed by atoms with Crippen LogP contribution in [0, 0.1) is 0 Å². The highest BCUT2D eigenvalue weighted by atomic mass is 35.5. The first kappa shape index (κ1) is 13.3. The van der Waals surface area contributed by atoms with Crippen LogP contribution in [0.3, 0.4) is 0 Å². The lowest BCUT2D eigenvalue weighted by Crippen LogP contribution is -2.04. The zero-order chi connectivity index (χ0) is 13.2. The summed E-state index contributed by atoms with van der Waals surface area (Å²) in [7, 11) is 0. The molecule has 0 N–H and O–H groups in total. The van der Waals surface area contributed by atoms with Crippen LogP contribution in [0.1, 0.15) is 56.6 Å². The molecule has 3 heteroatoms. The zero-order valence-corrected chi connectivity index (χ0v) is 11.6. The molecule has 0 atom stereocenters. The normalized spacial score (nSPS) is 16.4. The second-order valence-electron chi connectivity index (χ2n) is 4.98. The van der Waals surface area contributed by atoms with Gasteiger partial charge in [0.2, 0.25) is 6.08 Å². The minimum atomic E-state index is -0.322. The van der Waals surface area contributed by atoms with Crippen LogP contribution in [0.4, 0.5) is 0 Å². The van der Waals surface area contributed by atoms with Crippen molar-refractivity contribution >= 4 is 17.7 Å². The summed E-state index contributed by atoms with van der Waals surface area (Å²) in [5, 5.41) is 0.800. The van der Waals surface area contributed by atoms with Crippen molar-refractivity contribution in [3.63, 3.8) is 0 Å². The molecule has 1 aliphatic carbocycles. The highest BCUT2D eigenvalue weighted by Gasteiger charge is 2.45. The van der Waals surface area contributed by atoms with Crippen LogP contribution in [-0.4, -0.2) is 6.08 Å². The Morgan fingerprint density at radius 1 is 1.39 bits per heavy atom. The fraction of sp³-hybridized carbons (Fsp3) is 0.533. The molecule has 0 amide bonds. The smallest absolute Gasteiger partial charge is 0.211 e. The number of benzene rings is 1. The van der Waals surface area contributed by atoms with Gasteiger partial charge in [-0.25, -0.2) is 4.79 Å². The Morgan fingerprint density at radius 2 is 2.06 bits per heavy atom. The number of rotatable bonds is 5. The van der Waals surface area contributed by atoms with Gasteiger partial charge >= 0.3 is 0 Å².